The minimum atomic E-state index is -0.219. The van der Waals surface area contributed by atoms with Crippen LogP contribution in [-0.2, 0) is 0 Å². The third-order valence-electron chi connectivity index (χ3n) is 2.27. The Labute approximate surface area is 114 Å². The van der Waals surface area contributed by atoms with E-state index in [2.05, 4.69) is 10.5 Å². The maximum Gasteiger partial charge on any atom is 0.281 e. The summed E-state index contributed by atoms with van der Waals surface area (Å²) in [4.78, 5) is 12.3. The monoisotopic (exact) mass is 278 g/mol. The molecule has 0 aliphatic carbocycles. The first kappa shape index (κ1) is 12.8. The summed E-state index contributed by atoms with van der Waals surface area (Å²) in [7, 11) is 0. The van der Waals surface area contributed by atoms with Gasteiger partial charge >= 0.3 is 0 Å². The molecule has 0 saturated carbocycles. The maximum absolute atomic E-state index is 11.7. The molecule has 0 saturated heterocycles. The lowest BCUT2D eigenvalue weighted by Gasteiger charge is -2.03. The number of carbonyl (C=O) groups excluding carboxylic acids is 1. The van der Waals surface area contributed by atoms with E-state index in [0.717, 1.165) is 5.56 Å². The van der Waals surface area contributed by atoms with Crippen molar-refractivity contribution in [1.82, 2.24) is 5.43 Å². The average molecular weight is 279 g/mol. The van der Waals surface area contributed by atoms with Crippen LogP contribution in [0.4, 0.5) is 0 Å². The summed E-state index contributed by atoms with van der Waals surface area (Å²) in [5, 5.41) is 5.91. The van der Waals surface area contributed by atoms with Gasteiger partial charge in [-0.25, -0.2) is 5.43 Å². The molecule has 1 amide bonds. The summed E-state index contributed by atoms with van der Waals surface area (Å²) in [5.41, 5.74) is 4.05. The average Bonchev–Trinajstić information content (AvgIpc) is 2.94. The van der Waals surface area contributed by atoms with Gasteiger partial charge < -0.3 is 0 Å². The van der Waals surface area contributed by atoms with E-state index in [1.54, 1.807) is 6.07 Å². The van der Waals surface area contributed by atoms with Gasteiger partial charge in [-0.3, -0.25) is 4.79 Å². The second-order valence-electron chi connectivity index (χ2n) is 3.48. The summed E-state index contributed by atoms with van der Waals surface area (Å²) in [6, 6.07) is 13.1. The van der Waals surface area contributed by atoms with Crippen LogP contribution in [0.5, 0.6) is 0 Å². The fourth-order valence-corrected chi connectivity index (χ4v) is 2.21. The van der Waals surface area contributed by atoms with Gasteiger partial charge in [-0.2, -0.15) is 5.10 Å². The molecule has 0 spiro atoms. The molecule has 0 aliphatic heterocycles. The number of nitrogens with one attached hydrogen (secondary N) is 1. The van der Waals surface area contributed by atoms with Crippen LogP contribution in [0.15, 0.2) is 52.9 Å². The highest BCUT2D eigenvalue weighted by Crippen LogP contribution is 2.08. The Balaban J connectivity index is 2.10. The molecule has 0 aliphatic rings. The zero-order chi connectivity index (χ0) is 12.8. The molecule has 0 atom stereocenters. The smallest absolute Gasteiger partial charge is 0.266 e. The number of hydrogen-bond acceptors (Lipinski definition) is 3. The van der Waals surface area contributed by atoms with Crippen LogP contribution in [0.25, 0.3) is 0 Å². The summed E-state index contributed by atoms with van der Waals surface area (Å²) in [5.74, 6) is 0.0258. The zero-order valence-corrected chi connectivity index (χ0v) is 11.0. The number of amides is 1. The molecule has 2 aromatic rings. The van der Waals surface area contributed by atoms with Crippen molar-refractivity contribution in [3.63, 3.8) is 0 Å². The predicted octanol–water partition coefficient (Wildman–Crippen LogP) is 3.12. The van der Waals surface area contributed by atoms with Gasteiger partial charge in [0.1, 0.15) is 0 Å². The zero-order valence-electron chi connectivity index (χ0n) is 9.47. The van der Waals surface area contributed by atoms with Gasteiger partial charge in [-0.1, -0.05) is 36.4 Å². The number of rotatable bonds is 4. The molecule has 1 N–H and O–H groups in total. The van der Waals surface area contributed by atoms with E-state index in [9.17, 15) is 4.79 Å². The molecule has 2 rings (SSSR count). The fourth-order valence-electron chi connectivity index (χ4n) is 1.38. The topological polar surface area (TPSA) is 41.5 Å². The van der Waals surface area contributed by atoms with Gasteiger partial charge in [0, 0.05) is 0 Å². The van der Waals surface area contributed by atoms with E-state index in [4.69, 9.17) is 11.6 Å². The highest BCUT2D eigenvalue weighted by molar-refractivity contribution is 7.12. The van der Waals surface area contributed by atoms with Gasteiger partial charge in [-0.15, -0.1) is 22.9 Å². The standard InChI is InChI=1S/C13H11ClN2OS/c14-9-11(10-5-2-1-3-6-10)15-16-13(17)12-7-4-8-18-12/h1-8H,9H2,(H,16,17)/b15-11+. The molecule has 1 heterocycles. The Morgan fingerprint density at radius 1 is 1.22 bits per heavy atom. The van der Waals surface area contributed by atoms with Crippen LogP contribution < -0.4 is 5.43 Å². The van der Waals surface area contributed by atoms with E-state index >= 15 is 0 Å². The van der Waals surface area contributed by atoms with E-state index in [-0.39, 0.29) is 11.8 Å². The second kappa shape index (κ2) is 6.33. The molecule has 1 aromatic heterocycles. The molecule has 0 fully saturated rings. The molecular formula is C13H11ClN2OS. The van der Waals surface area contributed by atoms with Crippen molar-refractivity contribution in [3.05, 3.63) is 58.3 Å². The Hall–Kier alpha value is -1.65. The normalized spacial score (nSPS) is 11.3. The molecule has 0 bridgehead atoms. The molecule has 18 heavy (non-hydrogen) atoms. The van der Waals surface area contributed by atoms with Gasteiger partial charge in [-0.05, 0) is 17.0 Å². The minimum Gasteiger partial charge on any atom is -0.266 e. The number of carbonyl (C=O) groups is 1. The highest BCUT2D eigenvalue weighted by atomic mass is 35.5. The van der Waals surface area contributed by atoms with Crippen molar-refractivity contribution in [2.75, 3.05) is 5.88 Å². The number of alkyl halides is 1. The molecule has 0 radical (unpaired) electrons. The number of halogens is 1. The number of benzene rings is 1. The minimum absolute atomic E-state index is 0.219. The fraction of sp³-hybridized carbons (Fsp3) is 0.0769. The Morgan fingerprint density at radius 2 is 2.00 bits per heavy atom. The Morgan fingerprint density at radius 3 is 2.61 bits per heavy atom. The summed E-state index contributed by atoms with van der Waals surface area (Å²) >= 11 is 7.20. The second-order valence-corrected chi connectivity index (χ2v) is 4.69. The van der Waals surface area contributed by atoms with Crippen molar-refractivity contribution in [2.45, 2.75) is 0 Å². The highest BCUT2D eigenvalue weighted by Gasteiger charge is 2.06. The summed E-state index contributed by atoms with van der Waals surface area (Å²) < 4.78 is 0. The first-order valence-corrected chi connectivity index (χ1v) is 6.74. The summed E-state index contributed by atoms with van der Waals surface area (Å²) in [6.07, 6.45) is 0. The molecular weight excluding hydrogens is 268 g/mol. The third-order valence-corrected chi connectivity index (χ3v) is 3.39. The van der Waals surface area contributed by atoms with Crippen LogP contribution in [0.2, 0.25) is 0 Å². The molecule has 0 unspecified atom stereocenters. The van der Waals surface area contributed by atoms with Crippen molar-refractivity contribution < 1.29 is 4.79 Å². The number of hydrogen-bond donors (Lipinski definition) is 1. The van der Waals surface area contributed by atoms with E-state index < -0.39 is 0 Å². The van der Waals surface area contributed by atoms with E-state index in [0.29, 0.717) is 10.6 Å². The first-order valence-electron chi connectivity index (χ1n) is 5.33. The van der Waals surface area contributed by atoms with Crippen LogP contribution >= 0.6 is 22.9 Å². The van der Waals surface area contributed by atoms with Crippen LogP contribution in [-0.4, -0.2) is 17.5 Å². The number of thiophene rings is 1. The van der Waals surface area contributed by atoms with Gasteiger partial charge in [0.15, 0.2) is 0 Å². The maximum atomic E-state index is 11.7. The van der Waals surface area contributed by atoms with Crippen LogP contribution in [0, 0.1) is 0 Å². The van der Waals surface area contributed by atoms with Crippen molar-refractivity contribution in [1.29, 1.82) is 0 Å². The molecule has 1 aromatic carbocycles. The van der Waals surface area contributed by atoms with E-state index in [1.807, 2.05) is 41.8 Å². The van der Waals surface area contributed by atoms with Gasteiger partial charge in [0.05, 0.1) is 16.5 Å². The SMILES string of the molecule is O=C(N/N=C(\CCl)c1ccccc1)c1cccs1. The third kappa shape index (κ3) is 3.18. The van der Waals surface area contributed by atoms with Gasteiger partial charge in [0.25, 0.3) is 5.91 Å². The molecule has 3 nitrogen and oxygen atoms in total. The lowest BCUT2D eigenvalue weighted by molar-refractivity contribution is 0.0959. The van der Waals surface area contributed by atoms with Crippen molar-refractivity contribution in [3.8, 4) is 0 Å². The Kier molecular flexibility index (Phi) is 4.50. The van der Waals surface area contributed by atoms with Crippen molar-refractivity contribution in [2.24, 2.45) is 5.10 Å². The quantitative estimate of drug-likeness (QED) is 0.521. The predicted molar refractivity (Wildman–Crippen MR) is 75.5 cm³/mol. The lowest BCUT2D eigenvalue weighted by atomic mass is 10.1. The largest absolute Gasteiger partial charge is 0.281 e. The van der Waals surface area contributed by atoms with Crippen LogP contribution in [0.3, 0.4) is 0 Å². The molecule has 92 valence electrons. The first-order chi connectivity index (χ1) is 8.81. The van der Waals surface area contributed by atoms with E-state index in [1.165, 1.54) is 11.3 Å². The van der Waals surface area contributed by atoms with Crippen molar-refractivity contribution >= 4 is 34.6 Å². The van der Waals surface area contributed by atoms with Gasteiger partial charge in [0.2, 0.25) is 0 Å². The number of nitrogens with zero attached hydrogens (tertiary/aromatic N) is 1. The molecule has 5 heteroatoms. The Bertz CT molecular complexity index is 537. The summed E-state index contributed by atoms with van der Waals surface area (Å²) in [6.45, 7) is 0. The lowest BCUT2D eigenvalue weighted by Crippen LogP contribution is -2.19. The van der Waals surface area contributed by atoms with Crippen LogP contribution in [0.1, 0.15) is 15.2 Å². The number of hydrazone groups is 1.